The minimum absolute atomic E-state index is 0.0997. The molecule has 2 N–H and O–H groups in total. The molecule has 0 bridgehead atoms. The van der Waals surface area contributed by atoms with Crippen LogP contribution in [0.1, 0.15) is 18.5 Å². The molecule has 7 nitrogen and oxygen atoms in total. The fraction of sp³-hybridized carbons (Fsp3) is 0.222. The monoisotopic (exact) mass is 368 g/mol. The van der Waals surface area contributed by atoms with Gasteiger partial charge in [-0.25, -0.2) is 4.68 Å². The molecule has 4 rings (SSSR count). The predicted octanol–water partition coefficient (Wildman–Crippen LogP) is 2.98. The van der Waals surface area contributed by atoms with E-state index in [0.717, 1.165) is 11.3 Å². The number of fused-ring (bicyclic) bond motifs is 1. The number of tetrazole rings is 1. The average molecular weight is 369 g/mol. The van der Waals surface area contributed by atoms with Gasteiger partial charge in [0, 0.05) is 16.8 Å². The summed E-state index contributed by atoms with van der Waals surface area (Å²) in [6.45, 7) is 1.95. The first kappa shape index (κ1) is 16.5. The fourth-order valence-corrected chi connectivity index (χ4v) is 3.45. The molecule has 1 aliphatic rings. The largest absolute Gasteiger partial charge is 0.350 e. The van der Waals surface area contributed by atoms with Gasteiger partial charge in [0.25, 0.3) is 0 Å². The Kier molecular flexibility index (Phi) is 4.30. The molecule has 0 saturated carbocycles. The lowest BCUT2D eigenvalue weighted by Crippen LogP contribution is -2.46. The summed E-state index contributed by atoms with van der Waals surface area (Å²) in [5.41, 5.74) is 1.67. The lowest BCUT2D eigenvalue weighted by molar-refractivity contribution is -0.121. The van der Waals surface area contributed by atoms with E-state index in [1.165, 1.54) is 0 Å². The molecule has 0 unspecified atom stereocenters. The van der Waals surface area contributed by atoms with Gasteiger partial charge in [-0.15, -0.1) is 0 Å². The molecule has 1 aliphatic heterocycles. The second-order valence-corrected chi connectivity index (χ2v) is 6.69. The summed E-state index contributed by atoms with van der Waals surface area (Å²) in [6, 6.07) is 16.3. The average Bonchev–Trinajstić information content (AvgIpc) is 3.10. The lowest BCUT2D eigenvalue weighted by atomic mass is 9.85. The van der Waals surface area contributed by atoms with E-state index < -0.39 is 5.92 Å². The molecule has 1 aromatic heterocycles. The summed E-state index contributed by atoms with van der Waals surface area (Å²) in [6.07, 6.45) is 0. The zero-order chi connectivity index (χ0) is 18.1. The van der Waals surface area contributed by atoms with Gasteiger partial charge >= 0.3 is 0 Å². The molecular weight excluding hydrogens is 352 g/mol. The number of aromatic nitrogens is 4. The van der Waals surface area contributed by atoms with E-state index in [4.69, 9.17) is 11.6 Å². The highest BCUT2D eigenvalue weighted by molar-refractivity contribution is 6.30. The Labute approximate surface area is 155 Å². The standard InChI is InChI=1S/C18H17ClN6O/c1-11-15(17(26)21-14-5-3-2-4-6-14)16(12-7-9-13(19)10-8-12)25-18(20-11)22-23-24-25/h2-11,15-16H,1H3,(H,21,26)(H,20,22,24)/t11-,15-,16-/m0/s1. The Balaban J connectivity index is 1.73. The van der Waals surface area contributed by atoms with E-state index >= 15 is 0 Å². The Bertz CT molecular complexity index is 911. The smallest absolute Gasteiger partial charge is 0.243 e. The summed E-state index contributed by atoms with van der Waals surface area (Å²) >= 11 is 6.03. The second-order valence-electron chi connectivity index (χ2n) is 6.26. The minimum atomic E-state index is -0.410. The van der Waals surface area contributed by atoms with Gasteiger partial charge in [0.2, 0.25) is 11.9 Å². The van der Waals surface area contributed by atoms with Crippen molar-refractivity contribution in [3.8, 4) is 0 Å². The summed E-state index contributed by atoms with van der Waals surface area (Å²) in [5.74, 6) is 0.0332. The van der Waals surface area contributed by atoms with Crippen molar-refractivity contribution in [1.82, 2.24) is 20.2 Å². The van der Waals surface area contributed by atoms with Gasteiger partial charge in [0.05, 0.1) is 12.0 Å². The molecule has 0 fully saturated rings. The number of nitrogens with one attached hydrogen (secondary N) is 2. The van der Waals surface area contributed by atoms with Crippen LogP contribution in [0.5, 0.6) is 0 Å². The number of hydrogen-bond donors (Lipinski definition) is 2. The SMILES string of the molecule is C[C@@H]1Nc2nnnn2[C@@H](c2ccc(Cl)cc2)[C@H]1C(=O)Nc1ccccc1. The number of benzene rings is 2. The van der Waals surface area contributed by atoms with Crippen molar-refractivity contribution in [3.63, 3.8) is 0 Å². The highest BCUT2D eigenvalue weighted by Gasteiger charge is 2.41. The second kappa shape index (κ2) is 6.76. The van der Waals surface area contributed by atoms with Gasteiger partial charge in [-0.2, -0.15) is 0 Å². The third kappa shape index (κ3) is 3.01. The third-order valence-corrected chi connectivity index (χ3v) is 4.80. The number of nitrogens with zero attached hydrogens (tertiary/aromatic N) is 4. The molecule has 0 radical (unpaired) electrons. The molecule has 0 saturated heterocycles. The van der Waals surface area contributed by atoms with E-state index in [9.17, 15) is 4.79 Å². The van der Waals surface area contributed by atoms with Crippen molar-refractivity contribution in [3.05, 3.63) is 65.2 Å². The van der Waals surface area contributed by atoms with Crippen molar-refractivity contribution >= 4 is 29.1 Å². The molecule has 26 heavy (non-hydrogen) atoms. The molecule has 3 atom stereocenters. The lowest BCUT2D eigenvalue weighted by Gasteiger charge is -2.36. The van der Waals surface area contributed by atoms with E-state index in [1.54, 1.807) is 16.8 Å². The van der Waals surface area contributed by atoms with E-state index in [-0.39, 0.29) is 18.0 Å². The van der Waals surface area contributed by atoms with Crippen LogP contribution in [-0.4, -0.2) is 32.2 Å². The Morgan fingerprint density at radius 3 is 2.62 bits per heavy atom. The summed E-state index contributed by atoms with van der Waals surface area (Å²) in [7, 11) is 0. The van der Waals surface area contributed by atoms with Crippen LogP contribution in [-0.2, 0) is 4.79 Å². The number of amides is 1. The summed E-state index contributed by atoms with van der Waals surface area (Å²) in [5, 5.41) is 18.7. The summed E-state index contributed by atoms with van der Waals surface area (Å²) < 4.78 is 1.65. The number of rotatable bonds is 3. The van der Waals surface area contributed by atoms with Crippen LogP contribution in [0, 0.1) is 5.92 Å². The molecule has 2 heterocycles. The predicted molar refractivity (Wildman–Crippen MR) is 99.1 cm³/mol. The molecule has 3 aromatic rings. The first-order valence-corrected chi connectivity index (χ1v) is 8.67. The van der Waals surface area contributed by atoms with Crippen LogP contribution in [0.15, 0.2) is 54.6 Å². The van der Waals surface area contributed by atoms with Crippen molar-refractivity contribution in [2.24, 2.45) is 5.92 Å². The quantitative estimate of drug-likeness (QED) is 0.742. The van der Waals surface area contributed by atoms with Crippen LogP contribution >= 0.6 is 11.6 Å². The molecule has 132 valence electrons. The van der Waals surface area contributed by atoms with E-state index in [0.29, 0.717) is 11.0 Å². The zero-order valence-corrected chi connectivity index (χ0v) is 14.8. The minimum Gasteiger partial charge on any atom is -0.350 e. The maximum atomic E-state index is 13.1. The van der Waals surface area contributed by atoms with Crippen LogP contribution in [0.4, 0.5) is 11.6 Å². The highest BCUT2D eigenvalue weighted by atomic mass is 35.5. The van der Waals surface area contributed by atoms with Crippen molar-refractivity contribution in [2.45, 2.75) is 19.0 Å². The van der Waals surface area contributed by atoms with Gasteiger partial charge in [-0.3, -0.25) is 4.79 Å². The normalized spacial score (nSPS) is 21.5. The van der Waals surface area contributed by atoms with Crippen LogP contribution in [0.3, 0.4) is 0 Å². The van der Waals surface area contributed by atoms with Crippen LogP contribution in [0.2, 0.25) is 5.02 Å². The molecule has 2 aromatic carbocycles. The Morgan fingerprint density at radius 1 is 1.15 bits per heavy atom. The number of halogens is 1. The van der Waals surface area contributed by atoms with Gasteiger partial charge in [0.15, 0.2) is 0 Å². The van der Waals surface area contributed by atoms with Gasteiger partial charge in [-0.1, -0.05) is 47.0 Å². The van der Waals surface area contributed by atoms with Crippen molar-refractivity contribution in [2.75, 3.05) is 10.6 Å². The maximum absolute atomic E-state index is 13.1. The van der Waals surface area contributed by atoms with Gasteiger partial charge in [0.1, 0.15) is 0 Å². The van der Waals surface area contributed by atoms with Crippen molar-refractivity contribution in [1.29, 1.82) is 0 Å². The van der Waals surface area contributed by atoms with E-state index in [1.807, 2.05) is 49.4 Å². The van der Waals surface area contributed by atoms with Crippen LogP contribution in [0.25, 0.3) is 0 Å². The van der Waals surface area contributed by atoms with Crippen LogP contribution < -0.4 is 10.6 Å². The highest BCUT2D eigenvalue weighted by Crippen LogP contribution is 2.36. The molecule has 1 amide bonds. The van der Waals surface area contributed by atoms with Crippen molar-refractivity contribution < 1.29 is 4.79 Å². The molecule has 0 aliphatic carbocycles. The number of anilines is 2. The molecule has 8 heteroatoms. The van der Waals surface area contributed by atoms with E-state index in [2.05, 4.69) is 26.2 Å². The van der Waals surface area contributed by atoms with Gasteiger partial charge < -0.3 is 10.6 Å². The number of hydrogen-bond acceptors (Lipinski definition) is 5. The Hall–Kier alpha value is -2.93. The zero-order valence-electron chi connectivity index (χ0n) is 14.0. The molecule has 0 spiro atoms. The topological polar surface area (TPSA) is 84.7 Å². The number of carbonyl (C=O) groups is 1. The first-order chi connectivity index (χ1) is 12.6. The molecular formula is C18H17ClN6O. The summed E-state index contributed by atoms with van der Waals surface area (Å²) in [4.78, 5) is 13.1. The third-order valence-electron chi connectivity index (χ3n) is 4.55. The fourth-order valence-electron chi connectivity index (χ4n) is 3.32. The Morgan fingerprint density at radius 2 is 1.88 bits per heavy atom. The number of para-hydroxylation sites is 1. The van der Waals surface area contributed by atoms with Gasteiger partial charge in [-0.05, 0) is 47.2 Å². The first-order valence-electron chi connectivity index (χ1n) is 8.29. The maximum Gasteiger partial charge on any atom is 0.243 e. The number of carbonyl (C=O) groups excluding carboxylic acids is 1.